The fraction of sp³-hybridized carbons (Fsp3) is 0.667. The average molecular weight is 335 g/mol. The first-order valence-electron chi connectivity index (χ1n) is 9.17. The topological polar surface area (TPSA) is 32.3 Å². The Bertz CT molecular complexity index is 441. The molecule has 0 aromatic carbocycles. The molecule has 0 bridgehead atoms. The van der Waals surface area contributed by atoms with Crippen LogP contribution in [0.1, 0.15) is 66.2 Å². The van der Waals surface area contributed by atoms with Crippen LogP contribution in [0.4, 0.5) is 0 Å². The van der Waals surface area contributed by atoms with Gasteiger partial charge in [0.05, 0.1) is 0 Å². The summed E-state index contributed by atoms with van der Waals surface area (Å²) >= 11 is 0. The van der Waals surface area contributed by atoms with Crippen LogP contribution < -0.4 is 5.32 Å². The number of carbonyl (C=O) groups excluding carboxylic acids is 1. The Hall–Kier alpha value is -1.35. The van der Waals surface area contributed by atoms with Gasteiger partial charge in [0.15, 0.2) is 0 Å². The molecule has 0 aromatic rings. The minimum atomic E-state index is 0.149. The summed E-state index contributed by atoms with van der Waals surface area (Å²) < 4.78 is 0. The first-order chi connectivity index (χ1) is 11.3. The molecule has 24 heavy (non-hydrogen) atoms. The maximum atomic E-state index is 11.7. The highest BCUT2D eigenvalue weighted by Gasteiger charge is 1.99. The van der Waals surface area contributed by atoms with E-state index in [0.717, 1.165) is 45.2 Å². The number of amides is 1. The summed E-state index contributed by atoms with van der Waals surface area (Å²) in [5.41, 5.74) is 4.25. The normalized spacial score (nSPS) is 12.5. The summed E-state index contributed by atoms with van der Waals surface area (Å²) in [7, 11) is 4.02. The van der Waals surface area contributed by atoms with Crippen LogP contribution in [0.15, 0.2) is 34.9 Å². The Balaban J connectivity index is 3.86. The summed E-state index contributed by atoms with van der Waals surface area (Å²) in [6.07, 6.45) is 12.8. The molecular formula is C21H38N2O. The van der Waals surface area contributed by atoms with Crippen molar-refractivity contribution in [1.29, 1.82) is 0 Å². The van der Waals surface area contributed by atoms with Crippen molar-refractivity contribution in [3.05, 3.63) is 34.9 Å². The van der Waals surface area contributed by atoms with Crippen molar-refractivity contribution in [2.24, 2.45) is 0 Å². The van der Waals surface area contributed by atoms with E-state index >= 15 is 0 Å². The van der Waals surface area contributed by atoms with Crippen molar-refractivity contribution < 1.29 is 4.79 Å². The van der Waals surface area contributed by atoms with Crippen LogP contribution in [0, 0.1) is 0 Å². The van der Waals surface area contributed by atoms with Crippen molar-refractivity contribution in [2.45, 2.75) is 66.2 Å². The minimum Gasteiger partial charge on any atom is -0.355 e. The SMILES string of the molecule is CC(C)=CCCC(C)=CCCC(C)=CCCC(=O)NCCN(C)C. The standard InChI is InChI=1S/C21H38N2O/c1-18(2)10-7-11-19(3)12-8-13-20(4)14-9-15-21(24)22-16-17-23(5)6/h10,12,14H,7-9,11,13,15-17H2,1-6H3,(H,22,24). The number of nitrogens with one attached hydrogen (secondary N) is 1. The van der Waals surface area contributed by atoms with Gasteiger partial charge in [-0.3, -0.25) is 4.79 Å². The van der Waals surface area contributed by atoms with Gasteiger partial charge in [0.25, 0.3) is 0 Å². The Morgan fingerprint density at radius 1 is 0.833 bits per heavy atom. The largest absolute Gasteiger partial charge is 0.355 e. The first-order valence-corrected chi connectivity index (χ1v) is 9.17. The molecule has 3 nitrogen and oxygen atoms in total. The Kier molecular flexibility index (Phi) is 13.2. The van der Waals surface area contributed by atoms with E-state index in [0.29, 0.717) is 6.42 Å². The van der Waals surface area contributed by atoms with Crippen LogP contribution in [-0.4, -0.2) is 38.0 Å². The van der Waals surface area contributed by atoms with E-state index in [4.69, 9.17) is 0 Å². The summed E-state index contributed by atoms with van der Waals surface area (Å²) in [5.74, 6) is 0.149. The maximum Gasteiger partial charge on any atom is 0.220 e. The fourth-order valence-corrected chi connectivity index (χ4v) is 2.30. The molecule has 0 aliphatic heterocycles. The van der Waals surface area contributed by atoms with Gasteiger partial charge in [-0.05, 0) is 73.9 Å². The molecule has 0 aliphatic rings. The predicted molar refractivity (Wildman–Crippen MR) is 106 cm³/mol. The zero-order valence-corrected chi connectivity index (χ0v) is 16.7. The molecular weight excluding hydrogens is 296 g/mol. The quantitative estimate of drug-likeness (QED) is 0.517. The average Bonchev–Trinajstić information content (AvgIpc) is 2.46. The number of allylic oxidation sites excluding steroid dienone is 6. The highest BCUT2D eigenvalue weighted by Crippen LogP contribution is 2.12. The van der Waals surface area contributed by atoms with E-state index in [1.54, 1.807) is 0 Å². The lowest BCUT2D eigenvalue weighted by molar-refractivity contribution is -0.121. The van der Waals surface area contributed by atoms with Gasteiger partial charge < -0.3 is 10.2 Å². The molecule has 1 N–H and O–H groups in total. The van der Waals surface area contributed by atoms with Crippen molar-refractivity contribution >= 4 is 5.91 Å². The zero-order chi connectivity index (χ0) is 18.4. The molecule has 0 unspecified atom stereocenters. The van der Waals surface area contributed by atoms with E-state index in [9.17, 15) is 4.79 Å². The van der Waals surface area contributed by atoms with Crippen LogP contribution >= 0.6 is 0 Å². The third-order valence-corrected chi connectivity index (χ3v) is 3.87. The molecule has 3 heteroatoms. The molecule has 0 saturated carbocycles. The molecule has 0 radical (unpaired) electrons. The lowest BCUT2D eigenvalue weighted by Gasteiger charge is -2.09. The molecule has 0 aromatic heterocycles. The number of likely N-dealkylation sites (N-methyl/N-ethyl adjacent to an activating group) is 1. The summed E-state index contributed by atoms with van der Waals surface area (Å²) in [6.45, 7) is 10.3. The molecule has 0 saturated heterocycles. The molecule has 0 aliphatic carbocycles. The summed E-state index contributed by atoms with van der Waals surface area (Å²) in [5, 5.41) is 2.95. The van der Waals surface area contributed by atoms with Gasteiger partial charge in [-0.2, -0.15) is 0 Å². The summed E-state index contributed by atoms with van der Waals surface area (Å²) in [6, 6.07) is 0. The van der Waals surface area contributed by atoms with Crippen molar-refractivity contribution in [3.63, 3.8) is 0 Å². The lowest BCUT2D eigenvalue weighted by atomic mass is 10.1. The maximum absolute atomic E-state index is 11.7. The van der Waals surface area contributed by atoms with E-state index in [1.807, 2.05) is 14.1 Å². The fourth-order valence-electron chi connectivity index (χ4n) is 2.30. The Morgan fingerprint density at radius 2 is 1.33 bits per heavy atom. The van der Waals surface area contributed by atoms with Crippen molar-refractivity contribution in [3.8, 4) is 0 Å². The molecule has 0 atom stereocenters. The lowest BCUT2D eigenvalue weighted by Crippen LogP contribution is -2.31. The second-order valence-electron chi connectivity index (χ2n) is 7.15. The van der Waals surface area contributed by atoms with Gasteiger partial charge in [-0.15, -0.1) is 0 Å². The Morgan fingerprint density at radius 3 is 1.83 bits per heavy atom. The van der Waals surface area contributed by atoms with Gasteiger partial charge in [0.2, 0.25) is 5.91 Å². The van der Waals surface area contributed by atoms with Crippen LogP contribution in [0.2, 0.25) is 0 Å². The predicted octanol–water partition coefficient (Wildman–Crippen LogP) is 4.86. The third-order valence-electron chi connectivity index (χ3n) is 3.87. The molecule has 0 spiro atoms. The Labute approximate surface area is 149 Å². The molecule has 1 amide bonds. The molecule has 138 valence electrons. The van der Waals surface area contributed by atoms with E-state index in [-0.39, 0.29) is 5.91 Å². The van der Waals surface area contributed by atoms with Gasteiger partial charge in [-0.25, -0.2) is 0 Å². The number of hydrogen-bond acceptors (Lipinski definition) is 2. The number of hydrogen-bond donors (Lipinski definition) is 1. The molecule has 0 rings (SSSR count). The van der Waals surface area contributed by atoms with Gasteiger partial charge in [0.1, 0.15) is 0 Å². The van der Waals surface area contributed by atoms with Crippen molar-refractivity contribution in [2.75, 3.05) is 27.2 Å². The molecule has 0 heterocycles. The van der Waals surface area contributed by atoms with Crippen LogP contribution in [-0.2, 0) is 4.79 Å². The van der Waals surface area contributed by atoms with Crippen LogP contribution in [0.25, 0.3) is 0 Å². The monoisotopic (exact) mass is 334 g/mol. The highest BCUT2D eigenvalue weighted by atomic mass is 16.1. The minimum absolute atomic E-state index is 0.149. The van der Waals surface area contributed by atoms with Crippen molar-refractivity contribution in [1.82, 2.24) is 10.2 Å². The first kappa shape index (κ1) is 22.6. The van der Waals surface area contributed by atoms with E-state index in [2.05, 4.69) is 56.1 Å². The van der Waals surface area contributed by atoms with E-state index < -0.39 is 0 Å². The highest BCUT2D eigenvalue weighted by molar-refractivity contribution is 5.75. The molecule has 0 fully saturated rings. The second kappa shape index (κ2) is 14.0. The van der Waals surface area contributed by atoms with Crippen LogP contribution in [0.5, 0.6) is 0 Å². The third kappa shape index (κ3) is 15.5. The van der Waals surface area contributed by atoms with Crippen LogP contribution in [0.3, 0.4) is 0 Å². The second-order valence-corrected chi connectivity index (χ2v) is 7.15. The van der Waals surface area contributed by atoms with Gasteiger partial charge >= 0.3 is 0 Å². The summed E-state index contributed by atoms with van der Waals surface area (Å²) in [4.78, 5) is 13.8. The van der Waals surface area contributed by atoms with E-state index in [1.165, 1.54) is 16.7 Å². The number of rotatable bonds is 12. The van der Waals surface area contributed by atoms with Gasteiger partial charge in [0, 0.05) is 19.5 Å². The number of nitrogens with zero attached hydrogens (tertiary/aromatic N) is 1. The smallest absolute Gasteiger partial charge is 0.220 e. The number of carbonyl (C=O) groups is 1. The zero-order valence-electron chi connectivity index (χ0n) is 16.7. The van der Waals surface area contributed by atoms with Gasteiger partial charge in [-0.1, -0.05) is 34.9 Å².